The van der Waals surface area contributed by atoms with Crippen LogP contribution in [0.5, 0.6) is 0 Å². The van der Waals surface area contributed by atoms with Gasteiger partial charge in [0, 0.05) is 38.9 Å². The van der Waals surface area contributed by atoms with Gasteiger partial charge >= 0.3 is 0 Å². The zero-order chi connectivity index (χ0) is 40.1. The summed E-state index contributed by atoms with van der Waals surface area (Å²) in [6.07, 6.45) is 5.47. The van der Waals surface area contributed by atoms with Gasteiger partial charge in [-0.3, -0.25) is 0 Å². The normalized spacial score (nSPS) is 18.6. The molecule has 2 saturated carbocycles. The van der Waals surface area contributed by atoms with Crippen molar-refractivity contribution in [1.82, 2.24) is 4.57 Å². The number of anilines is 3. The Balaban J connectivity index is 0.865. The van der Waals surface area contributed by atoms with Gasteiger partial charge in [-0.2, -0.15) is 0 Å². The molecule has 2 fully saturated rings. The van der Waals surface area contributed by atoms with Crippen molar-refractivity contribution in [3.05, 3.63) is 217 Å². The minimum atomic E-state index is 0.195. The van der Waals surface area contributed by atoms with Gasteiger partial charge < -0.3 is 9.47 Å². The van der Waals surface area contributed by atoms with E-state index < -0.39 is 0 Å². The van der Waals surface area contributed by atoms with Gasteiger partial charge in [0.2, 0.25) is 0 Å². The summed E-state index contributed by atoms with van der Waals surface area (Å²) >= 11 is 0. The minimum Gasteiger partial charge on any atom is -0.310 e. The fourth-order valence-corrected chi connectivity index (χ4v) is 11.9. The van der Waals surface area contributed by atoms with Crippen molar-refractivity contribution in [2.45, 2.75) is 31.1 Å². The Labute approximate surface area is 357 Å². The maximum Gasteiger partial charge on any atom is 0.0542 e. The van der Waals surface area contributed by atoms with Crippen LogP contribution in [0, 0.1) is 11.8 Å². The number of aromatic nitrogens is 1. The molecule has 3 aliphatic rings. The first-order valence-corrected chi connectivity index (χ1v) is 22.0. The van der Waals surface area contributed by atoms with Crippen LogP contribution in [0.3, 0.4) is 0 Å². The molecule has 3 unspecified atom stereocenters. The van der Waals surface area contributed by atoms with Gasteiger partial charge in [0.25, 0.3) is 0 Å². The summed E-state index contributed by atoms with van der Waals surface area (Å²) in [5.74, 6) is 1.64. The van der Waals surface area contributed by atoms with Crippen molar-refractivity contribution >= 4 is 49.6 Å². The maximum atomic E-state index is 2.55. The van der Waals surface area contributed by atoms with E-state index in [1.807, 2.05) is 0 Å². The predicted molar refractivity (Wildman–Crippen MR) is 256 cm³/mol. The SMILES string of the molecule is c1ccc(-n2c3ccccc3c3cc(N(c4ccc(-c5ccc(-c6ccc7c(c6)C6(CC8CCC6C8)c6ccccc6-7)cc5)cc4)c4ccc5ccccc5c4)ccc32)cc1. The second-order valence-corrected chi connectivity index (χ2v) is 17.7. The molecule has 2 bridgehead atoms. The lowest BCUT2D eigenvalue weighted by molar-refractivity contribution is 0.327. The first kappa shape index (κ1) is 34.7. The molecule has 1 aromatic heterocycles. The lowest BCUT2D eigenvalue weighted by Gasteiger charge is -2.36. The van der Waals surface area contributed by atoms with Crippen LogP contribution in [0.1, 0.15) is 36.8 Å². The van der Waals surface area contributed by atoms with Crippen LogP contribution in [0.2, 0.25) is 0 Å². The average Bonchev–Trinajstić information content (AvgIpc) is 4.10. The van der Waals surface area contributed by atoms with Crippen LogP contribution in [0.4, 0.5) is 17.1 Å². The first-order valence-electron chi connectivity index (χ1n) is 22.0. The molecule has 2 nitrogen and oxygen atoms in total. The zero-order valence-corrected chi connectivity index (χ0v) is 34.0. The van der Waals surface area contributed by atoms with Crippen LogP contribution in [-0.4, -0.2) is 4.57 Å². The smallest absolute Gasteiger partial charge is 0.0542 e. The van der Waals surface area contributed by atoms with E-state index in [2.05, 4.69) is 216 Å². The average molecular weight is 781 g/mol. The van der Waals surface area contributed by atoms with Gasteiger partial charge in [-0.05, 0) is 153 Å². The number of hydrogen-bond donors (Lipinski definition) is 0. The summed E-state index contributed by atoms with van der Waals surface area (Å²) in [5, 5.41) is 4.94. The van der Waals surface area contributed by atoms with Crippen molar-refractivity contribution in [1.29, 1.82) is 0 Å². The fourth-order valence-electron chi connectivity index (χ4n) is 11.9. The Bertz CT molecular complexity index is 3320. The Hall–Kier alpha value is -7.16. The summed E-state index contributed by atoms with van der Waals surface area (Å²) in [7, 11) is 0. The highest BCUT2D eigenvalue weighted by molar-refractivity contribution is 6.10. The molecule has 0 saturated heterocycles. The molecule has 0 amide bonds. The van der Waals surface area contributed by atoms with Gasteiger partial charge in [0.1, 0.15) is 0 Å². The van der Waals surface area contributed by atoms with Gasteiger partial charge in [0.05, 0.1) is 11.0 Å². The summed E-state index contributed by atoms with van der Waals surface area (Å²) in [6, 6.07) is 76.8. The Kier molecular flexibility index (Phi) is 7.63. The molecule has 1 heterocycles. The van der Waals surface area contributed by atoms with E-state index in [1.54, 1.807) is 11.1 Å². The van der Waals surface area contributed by atoms with Crippen molar-refractivity contribution in [3.8, 4) is 39.1 Å². The molecule has 0 aliphatic heterocycles. The summed E-state index contributed by atoms with van der Waals surface area (Å²) < 4.78 is 2.38. The third-order valence-corrected chi connectivity index (χ3v) is 14.6. The van der Waals surface area contributed by atoms with Gasteiger partial charge in [-0.25, -0.2) is 0 Å². The molecule has 9 aromatic carbocycles. The summed E-state index contributed by atoms with van der Waals surface area (Å²) in [4.78, 5) is 2.41. The Morgan fingerprint density at radius 2 is 1.05 bits per heavy atom. The molecule has 3 aliphatic carbocycles. The van der Waals surface area contributed by atoms with Gasteiger partial charge in [0.15, 0.2) is 0 Å². The van der Waals surface area contributed by atoms with E-state index in [-0.39, 0.29) is 5.41 Å². The molecule has 290 valence electrons. The van der Waals surface area contributed by atoms with Crippen LogP contribution in [-0.2, 0) is 5.41 Å². The summed E-state index contributed by atoms with van der Waals surface area (Å²) in [6.45, 7) is 0. The number of nitrogens with zero attached hydrogens (tertiary/aromatic N) is 2. The molecule has 3 atom stereocenters. The number of fused-ring (bicyclic) bond motifs is 12. The monoisotopic (exact) mass is 780 g/mol. The number of benzene rings is 9. The van der Waals surface area contributed by atoms with E-state index in [9.17, 15) is 0 Å². The van der Waals surface area contributed by atoms with E-state index in [0.29, 0.717) is 0 Å². The molecule has 13 rings (SSSR count). The quantitative estimate of drug-likeness (QED) is 0.163. The Morgan fingerprint density at radius 3 is 1.85 bits per heavy atom. The Morgan fingerprint density at radius 1 is 0.426 bits per heavy atom. The topological polar surface area (TPSA) is 8.17 Å². The predicted octanol–water partition coefficient (Wildman–Crippen LogP) is 15.8. The lowest BCUT2D eigenvalue weighted by Crippen LogP contribution is -2.31. The standard InChI is InChI=1S/C59H44N2/c1-2-12-47(13-3-1)61-57-17-9-7-15-53(57)54-37-50(31-33-58(54)61)60(49-30-25-40-10-4-5-11-44(40)35-49)48-28-23-42(24-29-48)41-19-21-43(22-20-41)45-26-32-52-51-14-6-8-16-55(51)59(56(52)36-45)38-39-18-27-46(59)34-39/h1-17,19-26,28-33,35-37,39,46H,18,27,34,38H2. The van der Waals surface area contributed by atoms with Crippen molar-refractivity contribution < 1.29 is 0 Å². The maximum absolute atomic E-state index is 2.55. The van der Waals surface area contributed by atoms with Crippen LogP contribution in [0.15, 0.2) is 206 Å². The van der Waals surface area contributed by atoms with E-state index >= 15 is 0 Å². The lowest BCUT2D eigenvalue weighted by atomic mass is 9.66. The molecule has 0 radical (unpaired) electrons. The zero-order valence-electron chi connectivity index (χ0n) is 34.0. The second-order valence-electron chi connectivity index (χ2n) is 17.7. The first-order chi connectivity index (χ1) is 30.2. The van der Waals surface area contributed by atoms with E-state index in [0.717, 1.165) is 28.9 Å². The third-order valence-electron chi connectivity index (χ3n) is 14.6. The number of hydrogen-bond acceptors (Lipinski definition) is 1. The number of rotatable bonds is 6. The molecule has 0 N–H and O–H groups in total. The second kappa shape index (κ2) is 13.4. The van der Waals surface area contributed by atoms with Crippen LogP contribution < -0.4 is 4.90 Å². The highest BCUT2D eigenvalue weighted by atomic mass is 15.1. The van der Waals surface area contributed by atoms with Crippen molar-refractivity contribution in [2.75, 3.05) is 4.90 Å². The van der Waals surface area contributed by atoms with Crippen LogP contribution >= 0.6 is 0 Å². The molecular weight excluding hydrogens is 737 g/mol. The van der Waals surface area contributed by atoms with Crippen molar-refractivity contribution in [2.24, 2.45) is 11.8 Å². The van der Waals surface area contributed by atoms with Gasteiger partial charge in [-0.15, -0.1) is 0 Å². The fraction of sp³-hybridized carbons (Fsp3) is 0.119. The van der Waals surface area contributed by atoms with Crippen LogP contribution in [0.25, 0.3) is 71.6 Å². The molecule has 61 heavy (non-hydrogen) atoms. The largest absolute Gasteiger partial charge is 0.310 e. The third kappa shape index (κ3) is 5.28. The molecule has 10 aromatic rings. The highest BCUT2D eigenvalue weighted by Gasteiger charge is 2.56. The molecule has 2 heteroatoms. The van der Waals surface area contributed by atoms with Crippen molar-refractivity contribution in [3.63, 3.8) is 0 Å². The van der Waals surface area contributed by atoms with E-state index in [4.69, 9.17) is 0 Å². The van der Waals surface area contributed by atoms with Gasteiger partial charge in [-0.1, -0.05) is 146 Å². The molecular formula is C59H44N2. The minimum absolute atomic E-state index is 0.195. The highest BCUT2D eigenvalue weighted by Crippen LogP contribution is 2.65. The molecule has 1 spiro atoms. The summed E-state index contributed by atoms with van der Waals surface area (Å²) in [5.41, 5.74) is 18.3. The number of para-hydroxylation sites is 2. The van der Waals surface area contributed by atoms with E-state index in [1.165, 1.54) is 97.3 Å².